The van der Waals surface area contributed by atoms with E-state index in [1.54, 1.807) is 65.2 Å². The van der Waals surface area contributed by atoms with Gasteiger partial charge in [-0.2, -0.15) is 5.26 Å². The maximum atomic E-state index is 14.4. The maximum absolute atomic E-state index is 14.4. The zero-order chi connectivity index (χ0) is 26.5. The Hall–Kier alpha value is -4.51. The number of carbonyl (C=O) groups excluding carboxylic acids is 1. The maximum Gasteiger partial charge on any atom is 0.293 e. The normalized spacial score (nSPS) is 19.1. The topological polar surface area (TPSA) is 92.2 Å². The van der Waals surface area contributed by atoms with Gasteiger partial charge in [-0.15, -0.1) is 0 Å². The van der Waals surface area contributed by atoms with Crippen molar-refractivity contribution in [1.82, 2.24) is 4.57 Å². The fourth-order valence-corrected chi connectivity index (χ4v) is 5.44. The molecule has 0 radical (unpaired) electrons. The molecule has 2 aliphatic rings. The van der Waals surface area contributed by atoms with Crippen molar-refractivity contribution in [1.29, 1.82) is 5.26 Å². The van der Waals surface area contributed by atoms with Crippen LogP contribution in [0.4, 0.5) is 15.8 Å². The molecule has 0 amide bonds. The van der Waals surface area contributed by atoms with Crippen molar-refractivity contribution < 1.29 is 14.1 Å². The SMILES string of the molecule is Cc1ccc(N2C3=C(C(=O)CC(C)(C)C3)[C@H](c3cccc(F)c3)C(C#N)=C2n2cccc2)c([N+](=O)[O-])c1. The second-order valence-electron chi connectivity index (χ2n) is 10.3. The number of rotatable bonds is 4. The van der Waals surface area contributed by atoms with E-state index in [1.165, 1.54) is 18.2 Å². The zero-order valence-electron chi connectivity index (χ0n) is 20.7. The molecule has 2 heterocycles. The van der Waals surface area contributed by atoms with Crippen LogP contribution in [0.1, 0.15) is 43.7 Å². The van der Waals surface area contributed by atoms with E-state index in [9.17, 15) is 24.6 Å². The zero-order valence-corrected chi connectivity index (χ0v) is 20.7. The Labute approximate surface area is 213 Å². The Balaban J connectivity index is 1.92. The van der Waals surface area contributed by atoms with Crippen molar-refractivity contribution in [2.24, 2.45) is 5.41 Å². The van der Waals surface area contributed by atoms with Crippen LogP contribution < -0.4 is 4.90 Å². The molecule has 2 aromatic carbocycles. The molecule has 0 bridgehead atoms. The van der Waals surface area contributed by atoms with Crippen LogP contribution in [0.3, 0.4) is 0 Å². The van der Waals surface area contributed by atoms with Crippen LogP contribution in [-0.2, 0) is 4.79 Å². The predicted octanol–water partition coefficient (Wildman–Crippen LogP) is 6.48. The smallest absolute Gasteiger partial charge is 0.293 e. The molecule has 0 saturated carbocycles. The number of nitrogens with zero attached hydrogens (tertiary/aromatic N) is 4. The molecule has 0 saturated heterocycles. The number of anilines is 1. The lowest BCUT2D eigenvalue weighted by atomic mass is 9.68. The first-order valence-electron chi connectivity index (χ1n) is 12.0. The minimum atomic E-state index is -0.808. The lowest BCUT2D eigenvalue weighted by Crippen LogP contribution is -2.40. The van der Waals surface area contributed by atoms with Gasteiger partial charge in [-0.3, -0.25) is 19.8 Å². The number of ketones is 1. The molecular formula is C29H25FN4O3. The molecule has 5 rings (SSSR count). The molecule has 0 N–H and O–H groups in total. The molecule has 1 aromatic heterocycles. The molecule has 8 heteroatoms. The number of nitriles is 1. The summed E-state index contributed by atoms with van der Waals surface area (Å²) in [6, 6.07) is 16.7. The van der Waals surface area contributed by atoms with E-state index < -0.39 is 22.1 Å². The number of allylic oxidation sites excluding steroid dienone is 3. The van der Waals surface area contributed by atoms with Gasteiger partial charge in [0.1, 0.15) is 17.3 Å². The number of hydrogen-bond donors (Lipinski definition) is 0. The molecular weight excluding hydrogens is 471 g/mol. The summed E-state index contributed by atoms with van der Waals surface area (Å²) in [5.74, 6) is -1.05. The number of nitro benzene ring substituents is 1. The fraction of sp³-hybridized carbons (Fsp3) is 0.241. The van der Waals surface area contributed by atoms with Gasteiger partial charge in [0.05, 0.1) is 22.5 Å². The molecule has 0 spiro atoms. The number of halogens is 1. The van der Waals surface area contributed by atoms with Crippen LogP contribution in [0.25, 0.3) is 5.82 Å². The Bertz CT molecular complexity index is 1540. The van der Waals surface area contributed by atoms with E-state index in [0.29, 0.717) is 34.6 Å². The first-order chi connectivity index (χ1) is 17.6. The van der Waals surface area contributed by atoms with Gasteiger partial charge >= 0.3 is 0 Å². The van der Waals surface area contributed by atoms with Gasteiger partial charge < -0.3 is 4.57 Å². The van der Waals surface area contributed by atoms with Gasteiger partial charge in [0.15, 0.2) is 5.78 Å². The largest absolute Gasteiger partial charge is 0.309 e. The van der Waals surface area contributed by atoms with Gasteiger partial charge in [0.25, 0.3) is 5.69 Å². The van der Waals surface area contributed by atoms with Gasteiger partial charge in [-0.05, 0) is 60.2 Å². The molecule has 1 aliphatic heterocycles. The average molecular weight is 497 g/mol. The molecule has 0 fully saturated rings. The van der Waals surface area contributed by atoms with Crippen molar-refractivity contribution in [2.75, 3.05) is 4.90 Å². The number of benzene rings is 2. The van der Waals surface area contributed by atoms with Gasteiger partial charge in [0, 0.05) is 36.2 Å². The highest BCUT2D eigenvalue weighted by Crippen LogP contribution is 2.53. The number of aromatic nitrogens is 1. The Morgan fingerprint density at radius 2 is 1.84 bits per heavy atom. The summed E-state index contributed by atoms with van der Waals surface area (Å²) in [6.07, 6.45) is 4.20. The summed E-state index contributed by atoms with van der Waals surface area (Å²) in [5, 5.41) is 22.7. The van der Waals surface area contributed by atoms with E-state index >= 15 is 0 Å². The third kappa shape index (κ3) is 4.12. The third-order valence-electron chi connectivity index (χ3n) is 6.92. The highest BCUT2D eigenvalue weighted by Gasteiger charge is 2.46. The highest BCUT2D eigenvalue weighted by molar-refractivity contribution is 6.04. The van der Waals surface area contributed by atoms with Gasteiger partial charge in [-0.25, -0.2) is 4.39 Å². The van der Waals surface area contributed by atoms with Crippen LogP contribution in [0.5, 0.6) is 0 Å². The van der Waals surface area contributed by atoms with E-state index in [2.05, 4.69) is 6.07 Å². The summed E-state index contributed by atoms with van der Waals surface area (Å²) in [7, 11) is 0. The van der Waals surface area contributed by atoms with Crippen LogP contribution in [-0.4, -0.2) is 15.3 Å². The van der Waals surface area contributed by atoms with Crippen molar-refractivity contribution >= 4 is 23.0 Å². The Morgan fingerprint density at radius 1 is 1.11 bits per heavy atom. The number of aryl methyl sites for hydroxylation is 1. The first kappa shape index (κ1) is 24.2. The summed E-state index contributed by atoms with van der Waals surface area (Å²) in [6.45, 7) is 5.73. The van der Waals surface area contributed by atoms with Crippen molar-refractivity contribution in [3.8, 4) is 6.07 Å². The second-order valence-corrected chi connectivity index (χ2v) is 10.3. The molecule has 0 unspecified atom stereocenters. The van der Waals surface area contributed by atoms with Crippen molar-refractivity contribution in [3.05, 3.63) is 111 Å². The summed E-state index contributed by atoms with van der Waals surface area (Å²) < 4.78 is 16.1. The first-order valence-corrected chi connectivity index (χ1v) is 12.0. The molecule has 1 atom stereocenters. The predicted molar refractivity (Wildman–Crippen MR) is 138 cm³/mol. The molecule has 1 aliphatic carbocycles. The fourth-order valence-electron chi connectivity index (χ4n) is 5.44. The molecule has 186 valence electrons. The monoisotopic (exact) mass is 496 g/mol. The molecule has 37 heavy (non-hydrogen) atoms. The minimum absolute atomic E-state index is 0.131. The quantitative estimate of drug-likeness (QED) is 0.304. The molecule has 3 aromatic rings. The third-order valence-corrected chi connectivity index (χ3v) is 6.92. The molecule has 7 nitrogen and oxygen atoms in total. The van der Waals surface area contributed by atoms with Crippen molar-refractivity contribution in [3.63, 3.8) is 0 Å². The van der Waals surface area contributed by atoms with Crippen molar-refractivity contribution in [2.45, 2.75) is 39.5 Å². The number of nitro groups is 1. The summed E-state index contributed by atoms with van der Waals surface area (Å²) >= 11 is 0. The van der Waals surface area contributed by atoms with Gasteiger partial charge in [-0.1, -0.05) is 32.0 Å². The Morgan fingerprint density at radius 3 is 2.49 bits per heavy atom. The summed E-state index contributed by atoms with van der Waals surface area (Å²) in [5.41, 5.74) is 2.09. The van der Waals surface area contributed by atoms with Crippen LogP contribution in [0, 0.1) is 39.6 Å². The van der Waals surface area contributed by atoms with E-state index in [0.717, 1.165) is 0 Å². The average Bonchev–Trinajstić information content (AvgIpc) is 3.36. The van der Waals surface area contributed by atoms with Gasteiger partial charge in [0.2, 0.25) is 0 Å². The lowest BCUT2D eigenvalue weighted by Gasteiger charge is -2.44. The lowest BCUT2D eigenvalue weighted by molar-refractivity contribution is -0.384. The van der Waals surface area contributed by atoms with Crippen LogP contribution in [0.2, 0.25) is 0 Å². The highest BCUT2D eigenvalue weighted by atomic mass is 19.1. The number of carbonyl (C=O) groups is 1. The van der Waals surface area contributed by atoms with E-state index in [-0.39, 0.29) is 29.2 Å². The van der Waals surface area contributed by atoms with E-state index in [4.69, 9.17) is 0 Å². The summed E-state index contributed by atoms with van der Waals surface area (Å²) in [4.78, 5) is 27.2. The van der Waals surface area contributed by atoms with Crippen LogP contribution in [0.15, 0.2) is 83.8 Å². The minimum Gasteiger partial charge on any atom is -0.309 e. The number of Topliss-reactive ketones (excluding diaryl/α,β-unsaturated/α-hetero) is 1. The number of hydrogen-bond acceptors (Lipinski definition) is 5. The van der Waals surface area contributed by atoms with Crippen LogP contribution >= 0.6 is 0 Å². The second kappa shape index (κ2) is 8.86. The standard InChI is InChI=1S/C29H25FN4O3/c1-18-9-10-22(23(13-18)34(36)37)33-24-15-29(2,3)16-25(35)27(24)26(19-7-6-8-20(30)14-19)21(17-31)28(33)32-11-4-5-12-32/h4-14,26H,15-16H2,1-3H3/t26-/m1/s1. The van der Waals surface area contributed by atoms with E-state index in [1.807, 2.05) is 13.8 Å². The Kier molecular flexibility index (Phi) is 5.79.